The Morgan fingerprint density at radius 1 is 1.19 bits per heavy atom. The molecule has 1 N–H and O–H groups in total. The molecular formula is C18H16O2S. The van der Waals surface area contributed by atoms with Crippen LogP contribution in [0.5, 0.6) is 5.75 Å². The lowest BCUT2D eigenvalue weighted by atomic mass is 10.0. The Bertz CT molecular complexity index is 773. The maximum absolute atomic E-state index is 10.7. The van der Waals surface area contributed by atoms with Gasteiger partial charge in [-0.05, 0) is 47.7 Å². The molecule has 106 valence electrons. The largest absolute Gasteiger partial charge is 0.490 e. The SMILES string of the molecule is CC1Cc2cc(C(O)c3cc4ccccc4s3)ccc2O1. The van der Waals surface area contributed by atoms with Crippen molar-refractivity contribution in [2.24, 2.45) is 0 Å². The van der Waals surface area contributed by atoms with Crippen LogP contribution in [0.1, 0.15) is 29.0 Å². The van der Waals surface area contributed by atoms with Crippen LogP contribution in [0.4, 0.5) is 0 Å². The average molecular weight is 296 g/mol. The van der Waals surface area contributed by atoms with E-state index < -0.39 is 6.10 Å². The van der Waals surface area contributed by atoms with Crippen molar-refractivity contribution in [3.8, 4) is 5.75 Å². The molecular weight excluding hydrogens is 280 g/mol. The van der Waals surface area contributed by atoms with Crippen LogP contribution in [0.2, 0.25) is 0 Å². The van der Waals surface area contributed by atoms with Crippen LogP contribution in [0, 0.1) is 0 Å². The van der Waals surface area contributed by atoms with Crippen molar-refractivity contribution in [3.05, 3.63) is 64.5 Å². The number of hydrogen-bond donors (Lipinski definition) is 1. The third-order valence-electron chi connectivity index (χ3n) is 3.95. The summed E-state index contributed by atoms with van der Waals surface area (Å²) in [5.74, 6) is 0.954. The summed E-state index contributed by atoms with van der Waals surface area (Å²) in [6.07, 6.45) is 0.586. The molecule has 1 aromatic heterocycles. The molecule has 0 saturated carbocycles. The number of fused-ring (bicyclic) bond motifs is 2. The van der Waals surface area contributed by atoms with Crippen molar-refractivity contribution in [2.45, 2.75) is 25.6 Å². The molecule has 21 heavy (non-hydrogen) atoms. The number of benzene rings is 2. The van der Waals surface area contributed by atoms with Crippen LogP contribution in [0.3, 0.4) is 0 Å². The maximum atomic E-state index is 10.7. The summed E-state index contributed by atoms with van der Waals surface area (Å²) in [7, 11) is 0. The Kier molecular flexibility index (Phi) is 2.98. The molecule has 3 heteroatoms. The molecule has 4 rings (SSSR count). The van der Waals surface area contributed by atoms with Crippen molar-refractivity contribution in [1.82, 2.24) is 0 Å². The molecule has 3 aromatic rings. The van der Waals surface area contributed by atoms with Gasteiger partial charge in [0.25, 0.3) is 0 Å². The summed E-state index contributed by atoms with van der Waals surface area (Å²) in [4.78, 5) is 0.989. The second-order valence-corrected chi connectivity index (χ2v) is 6.70. The topological polar surface area (TPSA) is 29.5 Å². The highest BCUT2D eigenvalue weighted by Gasteiger charge is 2.21. The fourth-order valence-corrected chi connectivity index (χ4v) is 3.99. The first kappa shape index (κ1) is 12.9. The molecule has 2 aromatic carbocycles. The van der Waals surface area contributed by atoms with Crippen molar-refractivity contribution in [2.75, 3.05) is 0 Å². The van der Waals surface area contributed by atoms with Crippen molar-refractivity contribution >= 4 is 21.4 Å². The Hall–Kier alpha value is -1.84. The van der Waals surface area contributed by atoms with Gasteiger partial charge >= 0.3 is 0 Å². The highest BCUT2D eigenvalue weighted by atomic mass is 32.1. The normalized spacial score (nSPS) is 18.5. The van der Waals surface area contributed by atoms with Gasteiger partial charge in [0.1, 0.15) is 18.0 Å². The number of hydrogen-bond acceptors (Lipinski definition) is 3. The number of aliphatic hydroxyl groups excluding tert-OH is 1. The molecule has 0 aliphatic carbocycles. The van der Waals surface area contributed by atoms with Crippen molar-refractivity contribution < 1.29 is 9.84 Å². The lowest BCUT2D eigenvalue weighted by molar-refractivity contribution is 0.224. The highest BCUT2D eigenvalue weighted by molar-refractivity contribution is 7.19. The minimum atomic E-state index is -0.566. The molecule has 0 amide bonds. The van der Waals surface area contributed by atoms with Gasteiger partial charge in [-0.15, -0.1) is 11.3 Å². The van der Waals surface area contributed by atoms with Gasteiger partial charge in [-0.1, -0.05) is 24.3 Å². The molecule has 0 radical (unpaired) electrons. The van der Waals surface area contributed by atoms with Crippen LogP contribution in [0.25, 0.3) is 10.1 Å². The maximum Gasteiger partial charge on any atom is 0.123 e. The molecule has 0 spiro atoms. The molecule has 0 saturated heterocycles. The first-order chi connectivity index (χ1) is 10.2. The third kappa shape index (κ3) is 2.23. The number of rotatable bonds is 2. The summed E-state index contributed by atoms with van der Waals surface area (Å²) < 4.78 is 6.93. The zero-order valence-electron chi connectivity index (χ0n) is 11.7. The Morgan fingerprint density at radius 2 is 2.05 bits per heavy atom. The van der Waals surface area contributed by atoms with Crippen molar-refractivity contribution in [1.29, 1.82) is 0 Å². The van der Waals surface area contributed by atoms with Gasteiger partial charge in [0.15, 0.2) is 0 Å². The summed E-state index contributed by atoms with van der Waals surface area (Å²) in [6.45, 7) is 2.07. The van der Waals surface area contributed by atoms with E-state index in [-0.39, 0.29) is 6.10 Å². The fraction of sp³-hybridized carbons (Fsp3) is 0.222. The second kappa shape index (κ2) is 4.86. The molecule has 0 bridgehead atoms. The molecule has 0 fully saturated rings. The van der Waals surface area contributed by atoms with Gasteiger partial charge in [-0.25, -0.2) is 0 Å². The summed E-state index contributed by atoms with van der Waals surface area (Å²) in [5, 5.41) is 11.8. The standard InChI is InChI=1S/C18H16O2S/c1-11-8-14-9-13(6-7-15(14)20-11)18(19)17-10-12-4-2-3-5-16(12)21-17/h2-7,9-11,18-19H,8H2,1H3. The highest BCUT2D eigenvalue weighted by Crippen LogP contribution is 2.36. The molecule has 2 nitrogen and oxygen atoms in total. The Morgan fingerprint density at radius 3 is 2.90 bits per heavy atom. The first-order valence-electron chi connectivity index (χ1n) is 7.17. The van der Waals surface area contributed by atoms with Gasteiger partial charge in [-0.2, -0.15) is 0 Å². The quantitative estimate of drug-likeness (QED) is 0.763. The van der Waals surface area contributed by atoms with Crippen LogP contribution >= 0.6 is 11.3 Å². The van der Waals surface area contributed by atoms with E-state index in [9.17, 15) is 5.11 Å². The molecule has 2 unspecified atom stereocenters. The van der Waals surface area contributed by atoms with E-state index in [0.29, 0.717) is 0 Å². The van der Waals surface area contributed by atoms with Gasteiger partial charge in [-0.3, -0.25) is 0 Å². The van der Waals surface area contributed by atoms with E-state index in [1.807, 2.05) is 24.3 Å². The van der Waals surface area contributed by atoms with E-state index in [1.165, 1.54) is 15.6 Å². The third-order valence-corrected chi connectivity index (χ3v) is 5.12. The van der Waals surface area contributed by atoms with Gasteiger partial charge in [0, 0.05) is 16.0 Å². The molecule has 1 aliphatic heterocycles. The van der Waals surface area contributed by atoms with Gasteiger partial charge in [0.2, 0.25) is 0 Å². The molecule has 2 atom stereocenters. The molecule has 2 heterocycles. The van der Waals surface area contributed by atoms with E-state index in [2.05, 4.69) is 31.2 Å². The van der Waals surface area contributed by atoms with Crippen LogP contribution in [-0.2, 0) is 6.42 Å². The summed E-state index contributed by atoms with van der Waals surface area (Å²) in [5.41, 5.74) is 2.14. The summed E-state index contributed by atoms with van der Waals surface area (Å²) >= 11 is 1.65. The Labute approximate surface area is 127 Å². The summed E-state index contributed by atoms with van der Waals surface area (Å²) in [6, 6.07) is 16.3. The first-order valence-corrected chi connectivity index (χ1v) is 7.98. The van der Waals surface area contributed by atoms with E-state index >= 15 is 0 Å². The van der Waals surface area contributed by atoms with Crippen LogP contribution in [-0.4, -0.2) is 11.2 Å². The minimum absolute atomic E-state index is 0.233. The predicted octanol–water partition coefficient (Wildman–Crippen LogP) is 4.31. The smallest absolute Gasteiger partial charge is 0.123 e. The predicted molar refractivity (Wildman–Crippen MR) is 86.1 cm³/mol. The van der Waals surface area contributed by atoms with Crippen LogP contribution in [0.15, 0.2) is 48.5 Å². The minimum Gasteiger partial charge on any atom is -0.490 e. The van der Waals surface area contributed by atoms with Crippen molar-refractivity contribution in [3.63, 3.8) is 0 Å². The lowest BCUT2D eigenvalue weighted by Gasteiger charge is -2.10. The number of ether oxygens (including phenoxy) is 1. The number of thiophene rings is 1. The van der Waals surface area contributed by atoms with E-state index in [4.69, 9.17) is 4.74 Å². The number of aliphatic hydroxyl groups is 1. The zero-order chi connectivity index (χ0) is 14.4. The average Bonchev–Trinajstić information content (AvgIpc) is 3.07. The zero-order valence-corrected chi connectivity index (χ0v) is 12.6. The Balaban J connectivity index is 1.71. The molecule has 1 aliphatic rings. The van der Waals surface area contributed by atoms with E-state index in [0.717, 1.165) is 22.6 Å². The van der Waals surface area contributed by atoms with E-state index in [1.54, 1.807) is 11.3 Å². The van der Waals surface area contributed by atoms with Crippen LogP contribution < -0.4 is 4.74 Å². The second-order valence-electron chi connectivity index (χ2n) is 5.59. The van der Waals surface area contributed by atoms with Gasteiger partial charge in [0.05, 0.1) is 0 Å². The fourth-order valence-electron chi connectivity index (χ4n) is 2.91. The lowest BCUT2D eigenvalue weighted by Crippen LogP contribution is -2.05. The monoisotopic (exact) mass is 296 g/mol. The van der Waals surface area contributed by atoms with Gasteiger partial charge < -0.3 is 9.84 Å².